The zero-order chi connectivity index (χ0) is 21.0. The summed E-state index contributed by atoms with van der Waals surface area (Å²) in [6, 6.07) is 8.03. The number of ether oxygens (including phenoxy) is 1. The predicted molar refractivity (Wildman–Crippen MR) is 113 cm³/mol. The summed E-state index contributed by atoms with van der Waals surface area (Å²) in [5.41, 5.74) is 4.32. The lowest BCUT2D eigenvalue weighted by Crippen LogP contribution is -2.45. The Morgan fingerprint density at radius 3 is 2.59 bits per heavy atom. The molecule has 6 nitrogen and oxygen atoms in total. The molecule has 0 atom stereocenters. The molecule has 6 heteroatoms. The number of likely N-dealkylation sites (tertiary alicyclic amines) is 1. The number of benzene rings is 1. The highest BCUT2D eigenvalue weighted by molar-refractivity contribution is 5.76. The van der Waals surface area contributed by atoms with Gasteiger partial charge in [0.15, 0.2) is 0 Å². The Labute approximate surface area is 173 Å². The minimum atomic E-state index is -0.167. The van der Waals surface area contributed by atoms with Gasteiger partial charge < -0.3 is 14.7 Å². The van der Waals surface area contributed by atoms with E-state index in [2.05, 4.69) is 18.1 Å². The number of hydrogen-bond acceptors (Lipinski definition) is 4. The molecule has 1 aromatic heterocycles. The highest BCUT2D eigenvalue weighted by atomic mass is 16.5. The maximum Gasteiger partial charge on any atom is 0.222 e. The van der Waals surface area contributed by atoms with Crippen LogP contribution >= 0.6 is 0 Å². The Morgan fingerprint density at radius 1 is 1.28 bits per heavy atom. The maximum atomic E-state index is 12.8. The molecule has 1 aliphatic rings. The summed E-state index contributed by atoms with van der Waals surface area (Å²) in [6.07, 6.45) is 3.68. The highest BCUT2D eigenvalue weighted by Crippen LogP contribution is 2.35. The van der Waals surface area contributed by atoms with Gasteiger partial charge >= 0.3 is 0 Å². The second-order valence-electron chi connectivity index (χ2n) is 8.34. The Bertz CT molecular complexity index is 851. The number of rotatable bonds is 7. The molecule has 29 heavy (non-hydrogen) atoms. The lowest BCUT2D eigenvalue weighted by Gasteiger charge is -2.41. The van der Waals surface area contributed by atoms with Crippen molar-refractivity contribution in [1.82, 2.24) is 14.7 Å². The first-order valence-electron chi connectivity index (χ1n) is 10.4. The monoisotopic (exact) mass is 399 g/mol. The molecule has 158 valence electrons. The van der Waals surface area contributed by atoms with Crippen molar-refractivity contribution in [1.29, 1.82) is 0 Å². The van der Waals surface area contributed by atoms with E-state index in [1.807, 2.05) is 41.8 Å². The van der Waals surface area contributed by atoms with E-state index in [1.54, 1.807) is 7.11 Å². The first kappa shape index (κ1) is 21.4. The van der Waals surface area contributed by atoms with Gasteiger partial charge in [-0.05, 0) is 62.8 Å². The number of methoxy groups -OCH3 is 1. The van der Waals surface area contributed by atoms with Gasteiger partial charge in [-0.25, -0.2) is 0 Å². The zero-order valence-corrected chi connectivity index (χ0v) is 18.1. The van der Waals surface area contributed by atoms with Crippen LogP contribution in [0.1, 0.15) is 41.8 Å². The molecule has 1 aromatic carbocycles. The fourth-order valence-corrected chi connectivity index (χ4v) is 4.41. The molecule has 0 saturated carbocycles. The van der Waals surface area contributed by atoms with Gasteiger partial charge in [0.1, 0.15) is 5.75 Å². The Hall–Kier alpha value is -2.34. The third kappa shape index (κ3) is 4.81. The van der Waals surface area contributed by atoms with Crippen LogP contribution in [0.4, 0.5) is 0 Å². The quantitative estimate of drug-likeness (QED) is 0.777. The van der Waals surface area contributed by atoms with Crippen molar-refractivity contribution in [2.75, 3.05) is 26.8 Å². The van der Waals surface area contributed by atoms with Crippen molar-refractivity contribution in [3.63, 3.8) is 0 Å². The number of carbonyl (C=O) groups is 1. The fraction of sp³-hybridized carbons (Fsp3) is 0.565. The molecule has 1 amide bonds. The number of aliphatic hydroxyl groups excluding tert-OH is 1. The molecule has 1 N–H and O–H groups in total. The summed E-state index contributed by atoms with van der Waals surface area (Å²) in [6.45, 7) is 5.60. The highest BCUT2D eigenvalue weighted by Gasteiger charge is 2.35. The van der Waals surface area contributed by atoms with E-state index in [1.165, 1.54) is 11.1 Å². The number of nitrogens with zero attached hydrogens (tertiary/aromatic N) is 3. The molecular weight excluding hydrogens is 366 g/mol. The molecule has 0 unspecified atom stereocenters. The molecule has 0 radical (unpaired) electrons. The molecule has 0 bridgehead atoms. The van der Waals surface area contributed by atoms with E-state index < -0.39 is 0 Å². The Morgan fingerprint density at radius 2 is 2.00 bits per heavy atom. The lowest BCUT2D eigenvalue weighted by molar-refractivity contribution is -0.134. The van der Waals surface area contributed by atoms with E-state index in [-0.39, 0.29) is 17.9 Å². The van der Waals surface area contributed by atoms with E-state index in [9.17, 15) is 9.90 Å². The van der Waals surface area contributed by atoms with Gasteiger partial charge in [-0.15, -0.1) is 0 Å². The van der Waals surface area contributed by atoms with Crippen molar-refractivity contribution in [3.05, 3.63) is 46.8 Å². The molecule has 1 fully saturated rings. The van der Waals surface area contributed by atoms with Crippen LogP contribution in [0.15, 0.2) is 24.3 Å². The van der Waals surface area contributed by atoms with Crippen LogP contribution in [0.2, 0.25) is 0 Å². The van der Waals surface area contributed by atoms with Gasteiger partial charge in [-0.2, -0.15) is 5.10 Å². The standard InChI is InChI=1S/C23H33N3O3/c1-17-21(18(2)25(3)24-17)8-9-22(28)26-12-10-23(16-27,11-13-26)15-19-6-5-7-20(14-19)29-4/h5-7,14,27H,8-13,15-16H2,1-4H3. The first-order chi connectivity index (χ1) is 13.9. The summed E-state index contributed by atoms with van der Waals surface area (Å²) in [5, 5.41) is 14.6. The van der Waals surface area contributed by atoms with Gasteiger partial charge in [0, 0.05) is 44.3 Å². The predicted octanol–water partition coefficient (Wildman–Crippen LogP) is 2.82. The van der Waals surface area contributed by atoms with Crippen molar-refractivity contribution < 1.29 is 14.6 Å². The summed E-state index contributed by atoms with van der Waals surface area (Å²) in [4.78, 5) is 14.7. The minimum Gasteiger partial charge on any atom is -0.497 e. The van der Waals surface area contributed by atoms with Crippen LogP contribution in [0.3, 0.4) is 0 Å². The number of aliphatic hydroxyl groups is 1. The van der Waals surface area contributed by atoms with Crippen LogP contribution in [0.5, 0.6) is 5.75 Å². The topological polar surface area (TPSA) is 67.6 Å². The number of aryl methyl sites for hydroxylation is 2. The Kier molecular flexibility index (Phi) is 6.63. The fourth-order valence-electron chi connectivity index (χ4n) is 4.41. The summed E-state index contributed by atoms with van der Waals surface area (Å²) < 4.78 is 7.20. The molecule has 2 heterocycles. The smallest absolute Gasteiger partial charge is 0.222 e. The van der Waals surface area contributed by atoms with Gasteiger partial charge in [0.05, 0.1) is 12.8 Å². The summed E-state index contributed by atoms with van der Waals surface area (Å²) >= 11 is 0. The SMILES string of the molecule is COc1cccc(CC2(CO)CCN(C(=O)CCc3c(C)nn(C)c3C)CC2)c1. The summed E-state index contributed by atoms with van der Waals surface area (Å²) in [7, 11) is 3.61. The number of piperidine rings is 1. The van der Waals surface area contributed by atoms with Crippen LogP contribution < -0.4 is 4.74 Å². The van der Waals surface area contributed by atoms with Crippen molar-refractivity contribution >= 4 is 5.91 Å². The lowest BCUT2D eigenvalue weighted by atomic mass is 9.74. The minimum absolute atomic E-state index is 0.139. The van der Waals surface area contributed by atoms with Gasteiger partial charge in [-0.3, -0.25) is 9.48 Å². The second-order valence-corrected chi connectivity index (χ2v) is 8.34. The van der Waals surface area contributed by atoms with Crippen molar-refractivity contribution in [2.45, 2.75) is 46.0 Å². The third-order valence-corrected chi connectivity index (χ3v) is 6.47. The molecular formula is C23H33N3O3. The van der Waals surface area contributed by atoms with E-state index in [4.69, 9.17) is 4.74 Å². The number of aromatic nitrogens is 2. The van der Waals surface area contributed by atoms with Crippen LogP contribution in [0, 0.1) is 19.3 Å². The van der Waals surface area contributed by atoms with Crippen LogP contribution in [-0.4, -0.2) is 52.5 Å². The van der Waals surface area contributed by atoms with Crippen molar-refractivity contribution in [2.24, 2.45) is 12.5 Å². The second kappa shape index (κ2) is 8.99. The van der Waals surface area contributed by atoms with Crippen LogP contribution in [-0.2, 0) is 24.7 Å². The Balaban J connectivity index is 1.57. The number of amides is 1. The molecule has 0 aliphatic carbocycles. The molecule has 2 aromatic rings. The van der Waals surface area contributed by atoms with Crippen LogP contribution in [0.25, 0.3) is 0 Å². The number of carbonyl (C=O) groups excluding carboxylic acids is 1. The van der Waals surface area contributed by atoms with E-state index >= 15 is 0 Å². The molecule has 0 spiro atoms. The van der Waals surface area contributed by atoms with E-state index in [0.717, 1.165) is 42.8 Å². The average molecular weight is 400 g/mol. The van der Waals surface area contributed by atoms with E-state index in [0.29, 0.717) is 19.5 Å². The number of hydrogen-bond donors (Lipinski definition) is 1. The maximum absolute atomic E-state index is 12.8. The average Bonchev–Trinajstić information content (AvgIpc) is 2.98. The van der Waals surface area contributed by atoms with Gasteiger partial charge in [-0.1, -0.05) is 12.1 Å². The normalized spacial score (nSPS) is 16.1. The largest absolute Gasteiger partial charge is 0.497 e. The summed E-state index contributed by atoms with van der Waals surface area (Å²) in [5.74, 6) is 1.03. The zero-order valence-electron chi connectivity index (χ0n) is 18.1. The van der Waals surface area contributed by atoms with Gasteiger partial charge in [0.2, 0.25) is 5.91 Å². The first-order valence-corrected chi connectivity index (χ1v) is 10.4. The van der Waals surface area contributed by atoms with Gasteiger partial charge in [0.25, 0.3) is 0 Å². The molecule has 1 saturated heterocycles. The third-order valence-electron chi connectivity index (χ3n) is 6.47. The molecule has 1 aliphatic heterocycles. The molecule has 3 rings (SSSR count). The van der Waals surface area contributed by atoms with Crippen molar-refractivity contribution in [3.8, 4) is 5.75 Å².